The quantitative estimate of drug-likeness (QED) is 0.630. The highest BCUT2D eigenvalue weighted by atomic mass is 32.1. The van der Waals surface area contributed by atoms with Crippen molar-refractivity contribution in [3.05, 3.63) is 10.0 Å². The second-order valence-electron chi connectivity index (χ2n) is 4.53. The summed E-state index contributed by atoms with van der Waals surface area (Å²) in [5.74, 6) is 1.30. The van der Waals surface area contributed by atoms with Crippen molar-refractivity contribution >= 4 is 17.3 Å². The lowest BCUT2D eigenvalue weighted by Gasteiger charge is -2.08. The van der Waals surface area contributed by atoms with E-state index in [0.29, 0.717) is 18.5 Å². The molecule has 6 heteroatoms. The van der Waals surface area contributed by atoms with Gasteiger partial charge in [0.1, 0.15) is 10.0 Å². The maximum atomic E-state index is 4.18. The maximum Gasteiger partial charge on any atom is 0.191 e. The third-order valence-corrected chi connectivity index (χ3v) is 3.75. The van der Waals surface area contributed by atoms with E-state index in [-0.39, 0.29) is 0 Å². The van der Waals surface area contributed by atoms with Gasteiger partial charge in [-0.05, 0) is 12.8 Å². The Morgan fingerprint density at radius 3 is 2.76 bits per heavy atom. The molecule has 0 spiro atoms. The molecule has 1 saturated carbocycles. The normalized spacial score (nSPS) is 16.4. The van der Waals surface area contributed by atoms with E-state index in [9.17, 15) is 0 Å². The first-order chi connectivity index (χ1) is 8.19. The molecule has 1 aromatic heterocycles. The fraction of sp³-hybridized carbons (Fsp3) is 0.727. The summed E-state index contributed by atoms with van der Waals surface area (Å²) in [7, 11) is 1.79. The Hall–Kier alpha value is -1.17. The lowest BCUT2D eigenvalue weighted by Crippen LogP contribution is -2.38. The summed E-state index contributed by atoms with van der Waals surface area (Å²) in [5, 5.41) is 17.0. The zero-order chi connectivity index (χ0) is 12.3. The number of aliphatic imine (C=N–C) groups is 1. The van der Waals surface area contributed by atoms with Gasteiger partial charge in [-0.2, -0.15) is 0 Å². The van der Waals surface area contributed by atoms with Crippen LogP contribution in [0.4, 0.5) is 0 Å². The fourth-order valence-electron chi connectivity index (χ4n) is 1.35. The third-order valence-electron chi connectivity index (χ3n) is 2.53. The third kappa shape index (κ3) is 3.66. The highest BCUT2D eigenvalue weighted by Gasteiger charge is 2.22. The molecule has 0 aromatic carbocycles. The predicted octanol–water partition coefficient (Wildman–Crippen LogP) is 1.49. The minimum absolute atomic E-state index is 0.449. The van der Waals surface area contributed by atoms with Gasteiger partial charge < -0.3 is 10.6 Å². The highest BCUT2D eigenvalue weighted by Crippen LogP contribution is 2.19. The van der Waals surface area contributed by atoms with Gasteiger partial charge in [0.2, 0.25) is 0 Å². The summed E-state index contributed by atoms with van der Waals surface area (Å²) < 4.78 is 0. The van der Waals surface area contributed by atoms with Crippen molar-refractivity contribution in [2.24, 2.45) is 4.99 Å². The maximum absolute atomic E-state index is 4.18. The van der Waals surface area contributed by atoms with E-state index in [4.69, 9.17) is 0 Å². The predicted molar refractivity (Wildman–Crippen MR) is 70.4 cm³/mol. The van der Waals surface area contributed by atoms with Crippen molar-refractivity contribution in [2.75, 3.05) is 7.05 Å². The van der Waals surface area contributed by atoms with Crippen LogP contribution in [0.15, 0.2) is 4.99 Å². The molecule has 1 fully saturated rings. The Morgan fingerprint density at radius 2 is 2.24 bits per heavy atom. The van der Waals surface area contributed by atoms with Gasteiger partial charge in [0, 0.05) is 19.0 Å². The van der Waals surface area contributed by atoms with E-state index in [1.807, 2.05) is 0 Å². The average Bonchev–Trinajstić information content (AvgIpc) is 2.99. The van der Waals surface area contributed by atoms with Crippen LogP contribution in [0.25, 0.3) is 0 Å². The van der Waals surface area contributed by atoms with Gasteiger partial charge >= 0.3 is 0 Å². The average molecular weight is 253 g/mol. The Kier molecular flexibility index (Phi) is 3.93. The molecule has 1 aromatic rings. The lowest BCUT2D eigenvalue weighted by atomic mass is 10.2. The van der Waals surface area contributed by atoms with Gasteiger partial charge in [-0.15, -0.1) is 10.2 Å². The molecular formula is C11H19N5S. The molecule has 2 N–H and O–H groups in total. The van der Waals surface area contributed by atoms with E-state index in [1.165, 1.54) is 12.8 Å². The molecular weight excluding hydrogens is 234 g/mol. The van der Waals surface area contributed by atoms with Crippen LogP contribution < -0.4 is 10.6 Å². The summed E-state index contributed by atoms with van der Waals surface area (Å²) in [4.78, 5) is 4.18. The zero-order valence-corrected chi connectivity index (χ0v) is 11.3. The van der Waals surface area contributed by atoms with E-state index in [1.54, 1.807) is 18.4 Å². The van der Waals surface area contributed by atoms with Crippen molar-refractivity contribution in [3.63, 3.8) is 0 Å². The number of nitrogens with one attached hydrogen (secondary N) is 2. The minimum Gasteiger partial charge on any atom is -0.354 e. The Morgan fingerprint density at radius 1 is 1.47 bits per heavy atom. The summed E-state index contributed by atoms with van der Waals surface area (Å²) >= 11 is 1.66. The molecule has 0 amide bonds. The van der Waals surface area contributed by atoms with Gasteiger partial charge in [0.15, 0.2) is 5.96 Å². The summed E-state index contributed by atoms with van der Waals surface area (Å²) in [5.41, 5.74) is 0. The molecule has 0 radical (unpaired) electrons. The first kappa shape index (κ1) is 12.3. The van der Waals surface area contributed by atoms with Gasteiger partial charge in [-0.25, -0.2) is 0 Å². The van der Waals surface area contributed by atoms with Crippen molar-refractivity contribution in [2.45, 2.75) is 45.2 Å². The standard InChI is InChI=1S/C11H19N5S/c1-7(2)10-16-15-9(17-10)6-13-11(12-3)14-8-4-5-8/h7-8H,4-6H2,1-3H3,(H2,12,13,14). The van der Waals surface area contributed by atoms with Crippen molar-refractivity contribution in [3.8, 4) is 0 Å². The Labute approximate surface area is 106 Å². The van der Waals surface area contributed by atoms with Crippen LogP contribution in [0.1, 0.15) is 42.6 Å². The van der Waals surface area contributed by atoms with Crippen LogP contribution in [0.2, 0.25) is 0 Å². The van der Waals surface area contributed by atoms with Crippen molar-refractivity contribution in [1.82, 2.24) is 20.8 Å². The van der Waals surface area contributed by atoms with Gasteiger partial charge in [0.05, 0.1) is 6.54 Å². The number of guanidine groups is 1. The fourth-order valence-corrected chi connectivity index (χ4v) is 2.13. The summed E-state index contributed by atoms with van der Waals surface area (Å²) in [6, 6.07) is 0.613. The topological polar surface area (TPSA) is 62.2 Å². The van der Waals surface area contributed by atoms with Crippen molar-refractivity contribution in [1.29, 1.82) is 0 Å². The van der Waals surface area contributed by atoms with Crippen LogP contribution in [0.3, 0.4) is 0 Å². The SMILES string of the molecule is CN=C(NCc1nnc(C(C)C)s1)NC1CC1. The number of aromatic nitrogens is 2. The monoisotopic (exact) mass is 253 g/mol. The van der Waals surface area contributed by atoms with Crippen molar-refractivity contribution < 1.29 is 0 Å². The van der Waals surface area contributed by atoms with Gasteiger partial charge in [-0.3, -0.25) is 4.99 Å². The molecule has 0 atom stereocenters. The smallest absolute Gasteiger partial charge is 0.191 e. The zero-order valence-electron chi connectivity index (χ0n) is 10.5. The van der Waals surface area contributed by atoms with E-state index < -0.39 is 0 Å². The van der Waals surface area contributed by atoms with E-state index in [0.717, 1.165) is 16.0 Å². The van der Waals surface area contributed by atoms with E-state index >= 15 is 0 Å². The summed E-state index contributed by atoms with van der Waals surface area (Å²) in [6.07, 6.45) is 2.49. The molecule has 0 saturated heterocycles. The van der Waals surface area contributed by atoms with Crippen LogP contribution in [0, 0.1) is 0 Å². The molecule has 5 nitrogen and oxygen atoms in total. The molecule has 1 aliphatic rings. The van der Waals surface area contributed by atoms with E-state index in [2.05, 4.69) is 39.7 Å². The van der Waals surface area contributed by atoms with Crippen LogP contribution in [0.5, 0.6) is 0 Å². The minimum atomic E-state index is 0.449. The van der Waals surface area contributed by atoms with Crippen LogP contribution in [-0.2, 0) is 6.54 Å². The Bertz CT molecular complexity index is 394. The molecule has 0 unspecified atom stereocenters. The number of hydrogen-bond acceptors (Lipinski definition) is 4. The number of hydrogen-bond donors (Lipinski definition) is 2. The van der Waals surface area contributed by atoms with Crippen LogP contribution >= 0.6 is 11.3 Å². The molecule has 0 bridgehead atoms. The first-order valence-electron chi connectivity index (χ1n) is 5.98. The first-order valence-corrected chi connectivity index (χ1v) is 6.80. The molecule has 2 rings (SSSR count). The second kappa shape index (κ2) is 5.44. The molecule has 17 heavy (non-hydrogen) atoms. The summed E-state index contributed by atoms with van der Waals surface area (Å²) in [6.45, 7) is 4.95. The lowest BCUT2D eigenvalue weighted by molar-refractivity contribution is 0.782. The van der Waals surface area contributed by atoms with Crippen LogP contribution in [-0.4, -0.2) is 29.2 Å². The largest absolute Gasteiger partial charge is 0.354 e. The molecule has 1 heterocycles. The number of rotatable bonds is 4. The van der Waals surface area contributed by atoms with Gasteiger partial charge in [-0.1, -0.05) is 25.2 Å². The molecule has 0 aliphatic heterocycles. The Balaban J connectivity index is 1.82. The molecule has 1 aliphatic carbocycles. The second-order valence-corrected chi connectivity index (χ2v) is 5.63. The molecule has 94 valence electrons. The highest BCUT2D eigenvalue weighted by molar-refractivity contribution is 7.11. The number of nitrogens with zero attached hydrogens (tertiary/aromatic N) is 3. The van der Waals surface area contributed by atoms with Gasteiger partial charge in [0.25, 0.3) is 0 Å².